The third-order valence-electron chi connectivity index (χ3n) is 15.8. The summed E-state index contributed by atoms with van der Waals surface area (Å²) in [6.45, 7) is 4.70. The van der Waals surface area contributed by atoms with Crippen molar-refractivity contribution in [3.63, 3.8) is 0 Å². The zero-order chi connectivity index (χ0) is 60.5. The smallest absolute Gasteiger partial charge is 0.306 e. The Morgan fingerprint density at radius 3 is 1.02 bits per heavy atom. The summed E-state index contributed by atoms with van der Waals surface area (Å²) in [5.41, 5.74) is 0. The van der Waals surface area contributed by atoms with Gasteiger partial charge in [-0.25, -0.2) is 0 Å². The number of ether oxygens (including phenoxy) is 4. The molecule has 0 aromatic rings. The highest BCUT2D eigenvalue weighted by Crippen LogP contribution is 2.19. The molecule has 83 heavy (non-hydrogen) atoms. The van der Waals surface area contributed by atoms with E-state index in [1.807, 2.05) is 21.1 Å². The summed E-state index contributed by atoms with van der Waals surface area (Å²) >= 11 is 0. The zero-order valence-corrected chi connectivity index (χ0v) is 55.3. The van der Waals surface area contributed by atoms with Gasteiger partial charge in [0.05, 0.1) is 40.3 Å². The first kappa shape index (κ1) is 80.0. The second kappa shape index (κ2) is 65.0. The fraction of sp³-hybridized carbons (Fsp3) is 0.824. The molecular formula is C74H135NO8. The molecule has 0 rings (SSSR count). The first-order valence-electron chi connectivity index (χ1n) is 35.4. The normalized spacial score (nSPS) is 13.0. The van der Waals surface area contributed by atoms with E-state index in [-0.39, 0.29) is 32.2 Å². The number of carboxylic acid groups (broad SMARTS) is 1. The number of quaternary nitrogens is 1. The molecule has 0 aliphatic heterocycles. The Morgan fingerprint density at radius 1 is 0.373 bits per heavy atom. The summed E-state index contributed by atoms with van der Waals surface area (Å²) in [5, 5.41) is 11.8. The van der Waals surface area contributed by atoms with E-state index < -0.39 is 24.3 Å². The summed E-state index contributed by atoms with van der Waals surface area (Å²) < 4.78 is 22.8. The van der Waals surface area contributed by atoms with Crippen LogP contribution in [0.1, 0.15) is 335 Å². The number of allylic oxidation sites excluding steroid dienone is 10. The number of carboxylic acids is 1. The minimum atomic E-state index is -1.62. The minimum absolute atomic E-state index is 0.150. The van der Waals surface area contributed by atoms with Gasteiger partial charge in [0.15, 0.2) is 12.4 Å². The molecule has 0 fully saturated rings. The van der Waals surface area contributed by atoms with Crippen LogP contribution >= 0.6 is 0 Å². The van der Waals surface area contributed by atoms with Crippen LogP contribution < -0.4 is 5.11 Å². The lowest BCUT2D eigenvalue weighted by atomic mass is 10.0. The predicted molar refractivity (Wildman–Crippen MR) is 352 cm³/mol. The lowest BCUT2D eigenvalue weighted by Crippen LogP contribution is -2.44. The predicted octanol–water partition coefficient (Wildman–Crippen LogP) is 20.6. The van der Waals surface area contributed by atoms with Gasteiger partial charge < -0.3 is 33.3 Å². The average Bonchev–Trinajstić information content (AvgIpc) is 3.46. The zero-order valence-electron chi connectivity index (χ0n) is 55.3. The Kier molecular flexibility index (Phi) is 62.6. The standard InChI is InChI=1S/C74H135NO8/c1-6-8-10-12-14-16-18-20-22-24-26-28-30-31-32-33-34-35-36-37-38-39-40-41-43-45-47-49-51-53-55-57-59-61-63-65-72(77)83-70(69-82-74(73(78)79)80-67-66-75(3,4)5)68-81-71(76)64-62-60-58-56-54-52-50-48-46-44-42-29-27-25-23-21-19-17-15-13-11-9-7-2/h8,10,14,16,20,22,26,28,31-32,70,74H,6-7,9,11-13,15,17-19,21,23-25,27,29-30,33-69H2,1-5H3/b10-8-,16-14-,22-20-,28-26-,32-31-. The number of aliphatic carboxylic acids is 1. The molecule has 0 saturated heterocycles. The lowest BCUT2D eigenvalue weighted by Gasteiger charge is -2.26. The van der Waals surface area contributed by atoms with Crippen molar-refractivity contribution in [2.75, 3.05) is 47.5 Å². The molecule has 9 nitrogen and oxygen atoms in total. The van der Waals surface area contributed by atoms with Gasteiger partial charge in [-0.1, -0.05) is 325 Å². The fourth-order valence-corrected chi connectivity index (χ4v) is 10.4. The molecule has 0 aromatic heterocycles. The van der Waals surface area contributed by atoms with Crippen molar-refractivity contribution in [1.82, 2.24) is 0 Å². The van der Waals surface area contributed by atoms with Crippen LogP contribution in [-0.4, -0.2) is 82.3 Å². The van der Waals surface area contributed by atoms with Crippen molar-refractivity contribution in [1.29, 1.82) is 0 Å². The Morgan fingerprint density at radius 2 is 0.687 bits per heavy atom. The molecule has 0 spiro atoms. The third-order valence-corrected chi connectivity index (χ3v) is 15.8. The van der Waals surface area contributed by atoms with Crippen molar-refractivity contribution in [3.05, 3.63) is 60.8 Å². The lowest BCUT2D eigenvalue weighted by molar-refractivity contribution is -0.870. The van der Waals surface area contributed by atoms with Gasteiger partial charge in [-0.3, -0.25) is 9.59 Å². The highest BCUT2D eigenvalue weighted by Gasteiger charge is 2.22. The number of carbonyl (C=O) groups excluding carboxylic acids is 3. The van der Waals surface area contributed by atoms with E-state index >= 15 is 0 Å². The number of nitrogens with zero attached hydrogens (tertiary/aromatic N) is 1. The molecule has 484 valence electrons. The van der Waals surface area contributed by atoms with Gasteiger partial charge in [-0.05, 0) is 57.8 Å². The van der Waals surface area contributed by atoms with Crippen LogP contribution in [0.5, 0.6) is 0 Å². The molecular weight excluding hydrogens is 1030 g/mol. The largest absolute Gasteiger partial charge is 0.545 e. The molecule has 2 atom stereocenters. The van der Waals surface area contributed by atoms with Gasteiger partial charge in [0.25, 0.3) is 0 Å². The van der Waals surface area contributed by atoms with Gasteiger partial charge in [0.2, 0.25) is 0 Å². The highest BCUT2D eigenvalue weighted by molar-refractivity contribution is 5.70. The second-order valence-corrected chi connectivity index (χ2v) is 25.2. The first-order chi connectivity index (χ1) is 40.6. The van der Waals surface area contributed by atoms with Crippen LogP contribution in [0.4, 0.5) is 0 Å². The molecule has 0 bridgehead atoms. The number of hydrogen-bond donors (Lipinski definition) is 0. The van der Waals surface area contributed by atoms with E-state index in [9.17, 15) is 19.5 Å². The molecule has 0 aliphatic carbocycles. The Balaban J connectivity index is 4.04. The average molecular weight is 1170 g/mol. The Hall–Kier alpha value is -3.01. The number of esters is 2. The molecule has 2 unspecified atom stereocenters. The maximum atomic E-state index is 12.9. The summed E-state index contributed by atoms with van der Waals surface area (Å²) in [6.07, 6.45) is 81.7. The molecule has 0 aromatic carbocycles. The van der Waals surface area contributed by atoms with E-state index in [0.29, 0.717) is 23.9 Å². The van der Waals surface area contributed by atoms with Crippen LogP contribution in [0, 0.1) is 0 Å². The number of hydrogen-bond acceptors (Lipinski definition) is 8. The van der Waals surface area contributed by atoms with Gasteiger partial charge >= 0.3 is 11.9 Å². The molecule has 0 aliphatic rings. The van der Waals surface area contributed by atoms with Gasteiger partial charge in [-0.2, -0.15) is 0 Å². The van der Waals surface area contributed by atoms with Gasteiger partial charge in [0.1, 0.15) is 13.2 Å². The van der Waals surface area contributed by atoms with Crippen molar-refractivity contribution in [2.24, 2.45) is 0 Å². The maximum Gasteiger partial charge on any atom is 0.306 e. The number of rotatable bonds is 66. The minimum Gasteiger partial charge on any atom is -0.545 e. The van der Waals surface area contributed by atoms with E-state index in [0.717, 1.165) is 64.2 Å². The van der Waals surface area contributed by atoms with Crippen LogP contribution in [-0.2, 0) is 33.3 Å². The molecule has 0 radical (unpaired) electrons. The fourth-order valence-electron chi connectivity index (χ4n) is 10.4. The summed E-state index contributed by atoms with van der Waals surface area (Å²) in [7, 11) is 5.94. The molecule has 0 saturated carbocycles. The third kappa shape index (κ3) is 66.4. The van der Waals surface area contributed by atoms with Crippen molar-refractivity contribution < 1.29 is 42.9 Å². The Labute approximate surface area is 514 Å². The maximum absolute atomic E-state index is 12.9. The van der Waals surface area contributed by atoms with Crippen LogP contribution in [0.15, 0.2) is 60.8 Å². The molecule has 0 amide bonds. The topological polar surface area (TPSA) is 111 Å². The number of carbonyl (C=O) groups is 3. The summed E-state index contributed by atoms with van der Waals surface area (Å²) in [4.78, 5) is 37.5. The number of unbranched alkanes of at least 4 members (excludes halogenated alkanes) is 41. The SMILES string of the molecule is CC/C=C\C/C=C\C/C=C\C/C=C\C/C=C\CCCCCCCCCCCCCCCCCCCCCC(=O)OC(COC(=O)CCCCCCCCCCCCCCCCCCCCCCCCC)COC(OCC[N+](C)(C)C)C(=O)[O-]. The van der Waals surface area contributed by atoms with Gasteiger partial charge in [-0.15, -0.1) is 0 Å². The molecule has 0 N–H and O–H groups in total. The Bertz CT molecular complexity index is 1550. The van der Waals surface area contributed by atoms with Crippen molar-refractivity contribution in [3.8, 4) is 0 Å². The quantitative estimate of drug-likeness (QED) is 0.0195. The summed E-state index contributed by atoms with van der Waals surface area (Å²) in [5.74, 6) is -2.26. The molecule has 0 heterocycles. The van der Waals surface area contributed by atoms with E-state index in [1.54, 1.807) is 0 Å². The van der Waals surface area contributed by atoms with Crippen molar-refractivity contribution >= 4 is 17.9 Å². The van der Waals surface area contributed by atoms with Gasteiger partial charge in [0, 0.05) is 12.8 Å². The molecule has 9 heteroatoms. The summed E-state index contributed by atoms with van der Waals surface area (Å²) in [6, 6.07) is 0. The van der Waals surface area contributed by atoms with E-state index in [4.69, 9.17) is 18.9 Å². The highest BCUT2D eigenvalue weighted by atomic mass is 16.7. The van der Waals surface area contributed by atoms with Crippen LogP contribution in [0.2, 0.25) is 0 Å². The second-order valence-electron chi connectivity index (χ2n) is 25.2. The van der Waals surface area contributed by atoms with Crippen molar-refractivity contribution in [2.45, 2.75) is 347 Å². The van der Waals surface area contributed by atoms with Crippen LogP contribution in [0.3, 0.4) is 0 Å². The van der Waals surface area contributed by atoms with Crippen LogP contribution in [0.25, 0.3) is 0 Å². The van der Waals surface area contributed by atoms with E-state index in [2.05, 4.69) is 74.6 Å². The van der Waals surface area contributed by atoms with E-state index in [1.165, 1.54) is 238 Å². The number of likely N-dealkylation sites (N-methyl/N-ethyl adjacent to an activating group) is 1. The first-order valence-corrected chi connectivity index (χ1v) is 35.4. The monoisotopic (exact) mass is 1170 g/mol.